The first-order valence-electron chi connectivity index (χ1n) is 18.8. The van der Waals surface area contributed by atoms with Crippen LogP contribution in [-0.2, 0) is 11.2 Å². The van der Waals surface area contributed by atoms with Gasteiger partial charge in [-0.1, -0.05) is 94.3 Å². The number of carboxylic acids is 3. The van der Waals surface area contributed by atoms with Crippen molar-refractivity contribution in [3.05, 3.63) is 104 Å². The maximum Gasteiger partial charge on any atom is 0.337 e. The van der Waals surface area contributed by atoms with Gasteiger partial charge in [0.15, 0.2) is 0 Å². The van der Waals surface area contributed by atoms with Crippen LogP contribution in [0.25, 0.3) is 43.8 Å². The summed E-state index contributed by atoms with van der Waals surface area (Å²) in [7, 11) is 0. The molecule has 0 aliphatic heterocycles. The summed E-state index contributed by atoms with van der Waals surface area (Å²) in [5.74, 6) is -4.30. The molecule has 0 saturated carbocycles. The highest BCUT2D eigenvalue weighted by Gasteiger charge is 2.34. The number of rotatable bonds is 13. The molecule has 1 aliphatic carbocycles. The molecule has 0 bridgehead atoms. The maximum absolute atomic E-state index is 13.6. The SMILES string of the molecule is CCCCCCCCCC(C(=O)O)c1c(C)c(C)c(C)c2c1c(C)c(C)c1c(C)c(-c3cccc4c3Cc3ccccc3-4)c(C(=O)O)c(C(=O)O)c12. The Bertz CT molecular complexity index is 2290. The highest BCUT2D eigenvalue weighted by atomic mass is 16.4. The molecule has 0 fully saturated rings. The Hall–Kier alpha value is -4.97. The van der Waals surface area contributed by atoms with Crippen LogP contribution >= 0.6 is 0 Å². The average Bonchev–Trinajstić information content (AvgIpc) is 3.49. The first-order chi connectivity index (χ1) is 24.8. The van der Waals surface area contributed by atoms with Crippen molar-refractivity contribution < 1.29 is 29.7 Å². The van der Waals surface area contributed by atoms with Gasteiger partial charge in [-0.2, -0.15) is 0 Å². The van der Waals surface area contributed by atoms with Gasteiger partial charge in [0.25, 0.3) is 0 Å². The van der Waals surface area contributed by atoms with E-state index in [1.807, 2.05) is 71.9 Å². The maximum atomic E-state index is 13.6. The quantitative estimate of drug-likeness (QED) is 0.0817. The number of hydrogen-bond donors (Lipinski definition) is 3. The van der Waals surface area contributed by atoms with Crippen molar-refractivity contribution in [1.82, 2.24) is 0 Å². The predicted octanol–water partition coefficient (Wildman–Crippen LogP) is 11.8. The second kappa shape index (κ2) is 14.6. The normalized spacial score (nSPS) is 12.7. The predicted molar refractivity (Wildman–Crippen MR) is 210 cm³/mol. The molecule has 3 N–H and O–H groups in total. The van der Waals surface area contributed by atoms with Crippen LogP contribution in [-0.4, -0.2) is 33.2 Å². The lowest BCUT2D eigenvalue weighted by atomic mass is 9.75. The van der Waals surface area contributed by atoms with Crippen LogP contribution in [0.3, 0.4) is 0 Å². The Morgan fingerprint density at radius 3 is 1.81 bits per heavy atom. The molecule has 0 heterocycles. The smallest absolute Gasteiger partial charge is 0.337 e. The van der Waals surface area contributed by atoms with Gasteiger partial charge in [0, 0.05) is 10.9 Å². The Balaban J connectivity index is 1.68. The van der Waals surface area contributed by atoms with Crippen molar-refractivity contribution >= 4 is 39.5 Å². The summed E-state index contributed by atoms with van der Waals surface area (Å²) in [6.07, 6.45) is 8.62. The van der Waals surface area contributed by atoms with Crippen LogP contribution in [0.1, 0.15) is 135 Å². The monoisotopic (exact) mass is 698 g/mol. The van der Waals surface area contributed by atoms with Gasteiger partial charge < -0.3 is 15.3 Å². The molecule has 0 saturated heterocycles. The zero-order valence-corrected chi connectivity index (χ0v) is 31.5. The second-order valence-electron chi connectivity index (χ2n) is 14.9. The zero-order chi connectivity index (χ0) is 37.6. The molecule has 270 valence electrons. The number of carboxylic acid groups (broad SMARTS) is 3. The van der Waals surface area contributed by atoms with Gasteiger partial charge in [-0.15, -0.1) is 0 Å². The average molecular weight is 699 g/mol. The summed E-state index contributed by atoms with van der Waals surface area (Å²) in [6, 6.07) is 14.0. The fourth-order valence-electron chi connectivity index (χ4n) is 9.14. The largest absolute Gasteiger partial charge is 0.481 e. The number of hydrogen-bond acceptors (Lipinski definition) is 3. The summed E-state index contributed by atoms with van der Waals surface area (Å²) >= 11 is 0. The van der Waals surface area contributed by atoms with Gasteiger partial charge in [0.1, 0.15) is 0 Å². The lowest BCUT2D eigenvalue weighted by molar-refractivity contribution is -0.139. The molecule has 1 unspecified atom stereocenters. The lowest BCUT2D eigenvalue weighted by Gasteiger charge is -2.28. The summed E-state index contributed by atoms with van der Waals surface area (Å²) in [6.45, 7) is 14.0. The third-order valence-corrected chi connectivity index (χ3v) is 12.0. The van der Waals surface area contributed by atoms with E-state index in [0.717, 1.165) is 86.7 Å². The molecular weight excluding hydrogens is 649 g/mol. The van der Waals surface area contributed by atoms with Crippen LogP contribution in [0.2, 0.25) is 0 Å². The Kier molecular flexibility index (Phi) is 10.3. The van der Waals surface area contributed by atoms with Crippen molar-refractivity contribution in [2.45, 2.75) is 112 Å². The van der Waals surface area contributed by atoms with Crippen molar-refractivity contribution in [2.24, 2.45) is 0 Å². The van der Waals surface area contributed by atoms with Crippen LogP contribution in [0.4, 0.5) is 0 Å². The second-order valence-corrected chi connectivity index (χ2v) is 14.9. The van der Waals surface area contributed by atoms with E-state index >= 15 is 0 Å². The molecule has 0 spiro atoms. The van der Waals surface area contributed by atoms with Crippen molar-refractivity contribution in [3.63, 3.8) is 0 Å². The van der Waals surface area contributed by atoms with Crippen LogP contribution in [0.15, 0.2) is 42.5 Å². The number of fused-ring (bicyclic) bond motifs is 6. The fourth-order valence-corrected chi connectivity index (χ4v) is 9.14. The molecule has 0 amide bonds. The third-order valence-electron chi connectivity index (χ3n) is 12.0. The van der Waals surface area contributed by atoms with E-state index in [1.54, 1.807) is 0 Å². The molecule has 0 aromatic heterocycles. The number of carbonyl (C=O) groups is 3. The Labute approximate surface area is 306 Å². The van der Waals surface area contributed by atoms with E-state index in [0.29, 0.717) is 45.7 Å². The number of unbranched alkanes of at least 4 members (excludes halogenated alkanes) is 6. The molecule has 1 aliphatic rings. The molecule has 0 radical (unpaired) electrons. The molecule has 6 nitrogen and oxygen atoms in total. The number of aromatic carboxylic acids is 2. The summed E-state index contributed by atoms with van der Waals surface area (Å²) in [5, 5.41) is 35.3. The Morgan fingerprint density at radius 2 is 1.15 bits per heavy atom. The van der Waals surface area contributed by atoms with Crippen LogP contribution in [0.5, 0.6) is 0 Å². The number of aliphatic carboxylic acids is 1. The van der Waals surface area contributed by atoms with E-state index in [2.05, 4.69) is 19.1 Å². The standard InChI is InChI=1S/C46H50O6/c1-8-9-10-11-12-13-14-20-34(44(47)48)37-25(3)24(2)26(4)40-39(37)28(6)27(5)36-29(7)38(42(45(49)50)43(41(36)40)46(51)52)33-22-17-21-32-31-19-16-15-18-30(31)23-35(32)33/h15-19,21-22,34H,8-14,20,23H2,1-7H3,(H,47,48)(H,49,50)(H,51,52). The first-order valence-corrected chi connectivity index (χ1v) is 18.8. The van der Waals surface area contributed by atoms with Crippen LogP contribution < -0.4 is 0 Å². The molecule has 5 aromatic rings. The molecule has 6 rings (SSSR count). The zero-order valence-electron chi connectivity index (χ0n) is 31.5. The van der Waals surface area contributed by atoms with Crippen molar-refractivity contribution in [1.29, 1.82) is 0 Å². The molecule has 6 heteroatoms. The van der Waals surface area contributed by atoms with Crippen molar-refractivity contribution in [2.75, 3.05) is 0 Å². The highest BCUT2D eigenvalue weighted by molar-refractivity contribution is 6.26. The topological polar surface area (TPSA) is 112 Å². The van der Waals surface area contributed by atoms with E-state index < -0.39 is 23.8 Å². The molecule has 1 atom stereocenters. The molecular formula is C46H50O6. The lowest BCUT2D eigenvalue weighted by Crippen LogP contribution is -2.17. The fraction of sp³-hybridized carbons (Fsp3) is 0.370. The minimum Gasteiger partial charge on any atom is -0.481 e. The van der Waals surface area contributed by atoms with Crippen LogP contribution in [0, 0.1) is 41.5 Å². The van der Waals surface area contributed by atoms with Gasteiger partial charge >= 0.3 is 17.9 Å². The summed E-state index contributed by atoms with van der Waals surface area (Å²) in [4.78, 5) is 40.2. The number of benzene rings is 5. The van der Waals surface area contributed by atoms with Gasteiger partial charge in [-0.3, -0.25) is 4.79 Å². The first kappa shape index (κ1) is 36.8. The minimum atomic E-state index is -1.32. The Morgan fingerprint density at radius 1 is 0.577 bits per heavy atom. The van der Waals surface area contributed by atoms with Gasteiger partial charge in [-0.25, -0.2) is 9.59 Å². The molecule has 52 heavy (non-hydrogen) atoms. The summed E-state index contributed by atoms with van der Waals surface area (Å²) in [5.41, 5.74) is 10.7. The van der Waals surface area contributed by atoms with E-state index in [9.17, 15) is 29.7 Å². The summed E-state index contributed by atoms with van der Waals surface area (Å²) < 4.78 is 0. The van der Waals surface area contributed by atoms with Gasteiger partial charge in [-0.05, 0) is 137 Å². The number of aryl methyl sites for hydroxylation is 4. The van der Waals surface area contributed by atoms with Gasteiger partial charge in [0.2, 0.25) is 0 Å². The van der Waals surface area contributed by atoms with Crippen molar-refractivity contribution in [3.8, 4) is 22.3 Å². The van der Waals surface area contributed by atoms with Gasteiger partial charge in [0.05, 0.1) is 17.0 Å². The molecule has 5 aromatic carbocycles. The van der Waals surface area contributed by atoms with E-state index in [4.69, 9.17) is 0 Å². The minimum absolute atomic E-state index is 0.233. The van der Waals surface area contributed by atoms with E-state index in [1.165, 1.54) is 19.3 Å². The highest BCUT2D eigenvalue weighted by Crippen LogP contribution is 2.50. The third kappa shape index (κ3) is 5.96. The van der Waals surface area contributed by atoms with E-state index in [-0.39, 0.29) is 11.1 Å².